The van der Waals surface area contributed by atoms with Crippen LogP contribution in [-0.4, -0.2) is 49.5 Å². The smallest absolute Gasteiger partial charge is 0.0558 e. The standard InChI is InChI=1S/C16H26N2O2/c17-13-16(6-10-20-11-7-16)14-18(8-9-19)12-15-4-2-1-3-5-15/h1-5,19H,6-14,17H2. The maximum absolute atomic E-state index is 9.30. The van der Waals surface area contributed by atoms with Gasteiger partial charge in [-0.2, -0.15) is 0 Å². The largest absolute Gasteiger partial charge is 0.395 e. The van der Waals surface area contributed by atoms with E-state index in [9.17, 15) is 5.11 Å². The molecular formula is C16H26N2O2. The second-order valence-corrected chi connectivity index (χ2v) is 5.74. The first-order chi connectivity index (χ1) is 9.78. The highest BCUT2D eigenvalue weighted by molar-refractivity contribution is 5.14. The zero-order valence-corrected chi connectivity index (χ0v) is 12.1. The number of nitrogens with zero attached hydrogens (tertiary/aromatic N) is 1. The Morgan fingerprint density at radius 3 is 2.50 bits per heavy atom. The maximum atomic E-state index is 9.30. The van der Waals surface area contributed by atoms with E-state index in [4.69, 9.17) is 10.5 Å². The van der Waals surface area contributed by atoms with Crippen LogP contribution in [0.4, 0.5) is 0 Å². The number of hydrogen-bond acceptors (Lipinski definition) is 4. The first-order valence-corrected chi connectivity index (χ1v) is 7.43. The van der Waals surface area contributed by atoms with Gasteiger partial charge in [-0.3, -0.25) is 4.90 Å². The van der Waals surface area contributed by atoms with E-state index in [0.717, 1.165) is 39.1 Å². The van der Waals surface area contributed by atoms with Gasteiger partial charge in [0.1, 0.15) is 0 Å². The Morgan fingerprint density at radius 1 is 1.20 bits per heavy atom. The van der Waals surface area contributed by atoms with Gasteiger partial charge in [-0.05, 0) is 30.4 Å². The zero-order chi connectivity index (χ0) is 14.3. The number of hydrogen-bond donors (Lipinski definition) is 2. The van der Waals surface area contributed by atoms with Gasteiger partial charge < -0.3 is 15.6 Å². The Morgan fingerprint density at radius 2 is 1.90 bits per heavy atom. The molecule has 1 saturated heterocycles. The molecule has 1 aliphatic rings. The molecule has 0 radical (unpaired) electrons. The van der Waals surface area contributed by atoms with Gasteiger partial charge in [0.25, 0.3) is 0 Å². The lowest BCUT2D eigenvalue weighted by Crippen LogP contribution is -2.46. The minimum Gasteiger partial charge on any atom is -0.395 e. The second-order valence-electron chi connectivity index (χ2n) is 5.74. The van der Waals surface area contributed by atoms with E-state index in [1.54, 1.807) is 0 Å². The predicted molar refractivity (Wildman–Crippen MR) is 80.3 cm³/mol. The fourth-order valence-electron chi connectivity index (χ4n) is 2.90. The summed E-state index contributed by atoms with van der Waals surface area (Å²) in [6.07, 6.45) is 2.03. The number of benzene rings is 1. The third kappa shape index (κ3) is 4.28. The van der Waals surface area contributed by atoms with Gasteiger partial charge in [0.05, 0.1) is 6.61 Å². The number of ether oxygens (including phenoxy) is 1. The molecule has 0 saturated carbocycles. The molecule has 0 bridgehead atoms. The van der Waals surface area contributed by atoms with Crippen molar-refractivity contribution < 1.29 is 9.84 Å². The van der Waals surface area contributed by atoms with Crippen LogP contribution in [0.1, 0.15) is 18.4 Å². The summed E-state index contributed by atoms with van der Waals surface area (Å²) >= 11 is 0. The molecule has 0 aromatic heterocycles. The van der Waals surface area contributed by atoms with Gasteiger partial charge in [-0.15, -0.1) is 0 Å². The van der Waals surface area contributed by atoms with Crippen LogP contribution in [0, 0.1) is 5.41 Å². The Labute approximate surface area is 121 Å². The van der Waals surface area contributed by atoms with E-state index in [1.165, 1.54) is 5.56 Å². The summed E-state index contributed by atoms with van der Waals surface area (Å²) in [6.45, 7) is 4.96. The molecule has 0 spiro atoms. The summed E-state index contributed by atoms with van der Waals surface area (Å²) in [4.78, 5) is 2.31. The number of aliphatic hydroxyl groups is 1. The van der Waals surface area contributed by atoms with E-state index in [-0.39, 0.29) is 12.0 Å². The lowest BCUT2D eigenvalue weighted by Gasteiger charge is -2.40. The Kier molecular flexibility index (Phi) is 5.98. The molecule has 4 heteroatoms. The lowest BCUT2D eigenvalue weighted by atomic mass is 9.79. The van der Waals surface area contributed by atoms with E-state index in [2.05, 4.69) is 29.2 Å². The van der Waals surface area contributed by atoms with Gasteiger partial charge in [-0.25, -0.2) is 0 Å². The third-order valence-corrected chi connectivity index (χ3v) is 4.21. The molecule has 1 aromatic carbocycles. The number of rotatable bonds is 7. The van der Waals surface area contributed by atoms with Crippen molar-refractivity contribution in [2.24, 2.45) is 11.1 Å². The summed E-state index contributed by atoms with van der Waals surface area (Å²) in [6, 6.07) is 10.4. The monoisotopic (exact) mass is 278 g/mol. The quantitative estimate of drug-likeness (QED) is 0.788. The maximum Gasteiger partial charge on any atom is 0.0558 e. The van der Waals surface area contributed by atoms with Crippen LogP contribution in [0.2, 0.25) is 0 Å². The van der Waals surface area contributed by atoms with Crippen molar-refractivity contribution >= 4 is 0 Å². The minimum atomic E-state index is 0.141. The second kappa shape index (κ2) is 7.74. The van der Waals surface area contributed by atoms with Gasteiger partial charge >= 0.3 is 0 Å². The molecule has 1 aliphatic heterocycles. The van der Waals surface area contributed by atoms with Gasteiger partial charge in [-0.1, -0.05) is 30.3 Å². The van der Waals surface area contributed by atoms with E-state index >= 15 is 0 Å². The highest BCUT2D eigenvalue weighted by atomic mass is 16.5. The van der Waals surface area contributed by atoms with Crippen LogP contribution in [0.25, 0.3) is 0 Å². The third-order valence-electron chi connectivity index (χ3n) is 4.21. The summed E-state index contributed by atoms with van der Waals surface area (Å²) in [5.41, 5.74) is 7.45. The summed E-state index contributed by atoms with van der Waals surface area (Å²) < 4.78 is 5.46. The number of aliphatic hydroxyl groups excluding tert-OH is 1. The molecule has 4 nitrogen and oxygen atoms in total. The van der Waals surface area contributed by atoms with E-state index < -0.39 is 0 Å². The van der Waals surface area contributed by atoms with Gasteiger partial charge in [0.15, 0.2) is 0 Å². The average molecular weight is 278 g/mol. The van der Waals surface area contributed by atoms with Gasteiger partial charge in [0, 0.05) is 32.8 Å². The minimum absolute atomic E-state index is 0.141. The normalized spacial score (nSPS) is 18.4. The van der Waals surface area contributed by atoms with Crippen LogP contribution in [0.15, 0.2) is 30.3 Å². The zero-order valence-electron chi connectivity index (χ0n) is 12.1. The average Bonchev–Trinajstić information content (AvgIpc) is 2.49. The van der Waals surface area contributed by atoms with Crippen LogP contribution < -0.4 is 5.73 Å². The molecule has 112 valence electrons. The van der Waals surface area contributed by atoms with Crippen LogP contribution in [-0.2, 0) is 11.3 Å². The van der Waals surface area contributed by atoms with E-state index in [1.807, 2.05) is 6.07 Å². The highest BCUT2D eigenvalue weighted by Crippen LogP contribution is 2.30. The van der Waals surface area contributed by atoms with Crippen molar-refractivity contribution in [2.75, 3.05) is 39.5 Å². The van der Waals surface area contributed by atoms with Crippen LogP contribution in [0.3, 0.4) is 0 Å². The summed E-state index contributed by atoms with van der Waals surface area (Å²) in [7, 11) is 0. The van der Waals surface area contributed by atoms with Crippen LogP contribution >= 0.6 is 0 Å². The number of nitrogens with two attached hydrogens (primary N) is 1. The van der Waals surface area contributed by atoms with Crippen molar-refractivity contribution in [1.29, 1.82) is 0 Å². The van der Waals surface area contributed by atoms with Crippen molar-refractivity contribution in [1.82, 2.24) is 4.90 Å². The highest BCUT2D eigenvalue weighted by Gasteiger charge is 2.33. The SMILES string of the molecule is NCC1(CN(CCO)Cc2ccccc2)CCOCC1. The molecule has 0 amide bonds. The molecule has 0 atom stereocenters. The first-order valence-electron chi connectivity index (χ1n) is 7.43. The first kappa shape index (κ1) is 15.4. The van der Waals surface area contributed by atoms with Crippen LogP contribution in [0.5, 0.6) is 0 Å². The summed E-state index contributed by atoms with van der Waals surface area (Å²) in [5.74, 6) is 0. The molecule has 0 aliphatic carbocycles. The Bertz CT molecular complexity index is 377. The molecule has 3 N–H and O–H groups in total. The van der Waals surface area contributed by atoms with Crippen molar-refractivity contribution in [3.05, 3.63) is 35.9 Å². The molecule has 1 fully saturated rings. The van der Waals surface area contributed by atoms with Crippen molar-refractivity contribution in [3.63, 3.8) is 0 Å². The summed E-state index contributed by atoms with van der Waals surface area (Å²) in [5, 5.41) is 9.30. The predicted octanol–water partition coefficient (Wildman–Crippen LogP) is 1.24. The Balaban J connectivity index is 2.00. The topological polar surface area (TPSA) is 58.7 Å². The van der Waals surface area contributed by atoms with E-state index in [0.29, 0.717) is 13.1 Å². The fraction of sp³-hybridized carbons (Fsp3) is 0.625. The van der Waals surface area contributed by atoms with Crippen molar-refractivity contribution in [2.45, 2.75) is 19.4 Å². The molecule has 0 unspecified atom stereocenters. The van der Waals surface area contributed by atoms with Crippen molar-refractivity contribution in [3.8, 4) is 0 Å². The molecule has 1 heterocycles. The Hall–Kier alpha value is -0.940. The molecular weight excluding hydrogens is 252 g/mol. The van der Waals surface area contributed by atoms with Gasteiger partial charge in [0.2, 0.25) is 0 Å². The molecule has 2 rings (SSSR count). The fourth-order valence-corrected chi connectivity index (χ4v) is 2.90. The lowest BCUT2D eigenvalue weighted by molar-refractivity contribution is -0.00378. The molecule has 1 aromatic rings. The molecule has 20 heavy (non-hydrogen) atoms.